The summed E-state index contributed by atoms with van der Waals surface area (Å²) in [5.74, 6) is 1.59. The van der Waals surface area contributed by atoms with E-state index in [1.165, 1.54) is 31.2 Å². The lowest BCUT2D eigenvalue weighted by Crippen LogP contribution is -2.23. The van der Waals surface area contributed by atoms with E-state index in [0.717, 1.165) is 5.75 Å². The van der Waals surface area contributed by atoms with Crippen LogP contribution in [0, 0.1) is 5.92 Å². The quantitative estimate of drug-likeness (QED) is 0.874. The molecule has 0 aliphatic heterocycles. The minimum atomic E-state index is -0.144. The highest BCUT2D eigenvalue weighted by Crippen LogP contribution is 2.34. The number of benzene rings is 1. The summed E-state index contributed by atoms with van der Waals surface area (Å²) in [4.78, 5) is 0. The fourth-order valence-electron chi connectivity index (χ4n) is 2.70. The molecule has 1 unspecified atom stereocenters. The second-order valence-corrected chi connectivity index (χ2v) is 6.35. The van der Waals surface area contributed by atoms with E-state index >= 15 is 0 Å². The van der Waals surface area contributed by atoms with E-state index in [4.69, 9.17) is 10.5 Å². The van der Waals surface area contributed by atoms with Crippen molar-refractivity contribution in [1.82, 2.24) is 0 Å². The lowest BCUT2D eigenvalue weighted by molar-refractivity contribution is 0.131. The molecule has 100 valence electrons. The molecule has 0 spiro atoms. The van der Waals surface area contributed by atoms with Crippen LogP contribution < -0.4 is 10.5 Å². The van der Waals surface area contributed by atoms with Crippen molar-refractivity contribution in [3.63, 3.8) is 0 Å². The van der Waals surface area contributed by atoms with Crippen LogP contribution in [0.15, 0.2) is 24.3 Å². The fraction of sp³-hybridized carbons (Fsp3) is 0.625. The van der Waals surface area contributed by atoms with Crippen molar-refractivity contribution in [3.8, 4) is 5.75 Å². The van der Waals surface area contributed by atoms with Crippen molar-refractivity contribution in [2.45, 2.75) is 58.1 Å². The average Bonchev–Trinajstić information content (AvgIpc) is 2.80. The zero-order chi connectivity index (χ0) is 13.2. The second kappa shape index (κ2) is 5.31. The summed E-state index contributed by atoms with van der Waals surface area (Å²) in [5.41, 5.74) is 7.43. The van der Waals surface area contributed by atoms with Gasteiger partial charge in [-0.15, -0.1) is 0 Å². The Kier molecular flexibility index (Phi) is 3.96. The SMILES string of the molecule is CC(C)(C)Oc1ccc(C(N)C2CCCC2)cc1. The predicted molar refractivity (Wildman–Crippen MR) is 75.7 cm³/mol. The van der Waals surface area contributed by atoms with Gasteiger partial charge >= 0.3 is 0 Å². The molecule has 2 rings (SSSR count). The topological polar surface area (TPSA) is 35.2 Å². The summed E-state index contributed by atoms with van der Waals surface area (Å²) in [5, 5.41) is 0. The highest BCUT2D eigenvalue weighted by molar-refractivity contribution is 5.29. The molecule has 0 heterocycles. The smallest absolute Gasteiger partial charge is 0.120 e. The molecule has 1 atom stereocenters. The van der Waals surface area contributed by atoms with Crippen LogP contribution in [0.3, 0.4) is 0 Å². The summed E-state index contributed by atoms with van der Waals surface area (Å²) in [6.45, 7) is 6.18. The van der Waals surface area contributed by atoms with Crippen molar-refractivity contribution >= 4 is 0 Å². The Hall–Kier alpha value is -1.02. The Balaban J connectivity index is 2.02. The molecule has 0 saturated heterocycles. The third-order valence-electron chi connectivity index (χ3n) is 3.60. The number of ether oxygens (including phenoxy) is 1. The molecule has 1 aliphatic rings. The Morgan fingerprint density at radius 2 is 1.67 bits per heavy atom. The highest BCUT2D eigenvalue weighted by atomic mass is 16.5. The van der Waals surface area contributed by atoms with E-state index in [9.17, 15) is 0 Å². The highest BCUT2D eigenvalue weighted by Gasteiger charge is 2.23. The first kappa shape index (κ1) is 13.4. The summed E-state index contributed by atoms with van der Waals surface area (Å²) >= 11 is 0. The lowest BCUT2D eigenvalue weighted by atomic mass is 9.92. The van der Waals surface area contributed by atoms with Crippen molar-refractivity contribution in [2.24, 2.45) is 11.7 Å². The Bertz CT molecular complexity index is 371. The number of rotatable bonds is 3. The molecule has 1 aromatic rings. The molecule has 1 aliphatic carbocycles. The standard InChI is InChI=1S/C16H25NO/c1-16(2,3)18-14-10-8-13(9-11-14)15(17)12-6-4-5-7-12/h8-12,15H,4-7,17H2,1-3H3. The maximum atomic E-state index is 6.34. The van der Waals surface area contributed by atoms with Crippen LogP contribution in [0.4, 0.5) is 0 Å². The number of hydrogen-bond acceptors (Lipinski definition) is 2. The minimum Gasteiger partial charge on any atom is -0.488 e. The van der Waals surface area contributed by atoms with Crippen molar-refractivity contribution in [2.75, 3.05) is 0 Å². The van der Waals surface area contributed by atoms with Gasteiger partial charge in [-0.25, -0.2) is 0 Å². The molecule has 1 aromatic carbocycles. The third kappa shape index (κ3) is 3.49. The summed E-state index contributed by atoms with van der Waals surface area (Å²) in [6.07, 6.45) is 5.23. The molecule has 0 radical (unpaired) electrons. The largest absolute Gasteiger partial charge is 0.488 e. The predicted octanol–water partition coefficient (Wildman–Crippen LogP) is 4.05. The summed E-state index contributed by atoms with van der Waals surface area (Å²) in [7, 11) is 0. The van der Waals surface area contributed by atoms with Crippen LogP contribution in [-0.4, -0.2) is 5.60 Å². The van der Waals surface area contributed by atoms with Gasteiger partial charge in [0, 0.05) is 6.04 Å². The van der Waals surface area contributed by atoms with E-state index in [-0.39, 0.29) is 11.6 Å². The maximum absolute atomic E-state index is 6.34. The molecule has 0 bridgehead atoms. The maximum Gasteiger partial charge on any atom is 0.120 e. The van der Waals surface area contributed by atoms with Crippen LogP contribution in [0.5, 0.6) is 5.75 Å². The molecule has 18 heavy (non-hydrogen) atoms. The van der Waals surface area contributed by atoms with Crippen molar-refractivity contribution in [1.29, 1.82) is 0 Å². The zero-order valence-corrected chi connectivity index (χ0v) is 11.8. The van der Waals surface area contributed by atoms with Gasteiger partial charge in [0.2, 0.25) is 0 Å². The summed E-state index contributed by atoms with van der Waals surface area (Å²) in [6, 6.07) is 8.50. The Morgan fingerprint density at radius 1 is 1.11 bits per heavy atom. The van der Waals surface area contributed by atoms with Gasteiger partial charge in [0.1, 0.15) is 11.4 Å². The zero-order valence-electron chi connectivity index (χ0n) is 11.8. The van der Waals surface area contributed by atoms with Crippen LogP contribution in [0.1, 0.15) is 58.1 Å². The van der Waals surface area contributed by atoms with Gasteiger partial charge < -0.3 is 10.5 Å². The van der Waals surface area contributed by atoms with E-state index in [2.05, 4.69) is 32.9 Å². The van der Waals surface area contributed by atoms with Gasteiger partial charge in [-0.1, -0.05) is 25.0 Å². The Labute approximate surface area is 111 Å². The molecule has 2 nitrogen and oxygen atoms in total. The number of nitrogens with two attached hydrogens (primary N) is 1. The van der Waals surface area contributed by atoms with Gasteiger partial charge in [-0.05, 0) is 57.2 Å². The van der Waals surface area contributed by atoms with E-state index in [0.29, 0.717) is 5.92 Å². The van der Waals surface area contributed by atoms with Crippen LogP contribution >= 0.6 is 0 Å². The van der Waals surface area contributed by atoms with Gasteiger partial charge in [-0.3, -0.25) is 0 Å². The van der Waals surface area contributed by atoms with E-state index in [1.807, 2.05) is 12.1 Å². The molecule has 2 N–H and O–H groups in total. The monoisotopic (exact) mass is 247 g/mol. The summed E-state index contributed by atoms with van der Waals surface area (Å²) < 4.78 is 5.82. The molecular weight excluding hydrogens is 222 g/mol. The fourth-order valence-corrected chi connectivity index (χ4v) is 2.70. The van der Waals surface area contributed by atoms with Crippen LogP contribution in [0.25, 0.3) is 0 Å². The number of hydrogen-bond donors (Lipinski definition) is 1. The molecule has 0 aromatic heterocycles. The van der Waals surface area contributed by atoms with Crippen LogP contribution in [0.2, 0.25) is 0 Å². The first-order valence-corrected chi connectivity index (χ1v) is 7.00. The lowest BCUT2D eigenvalue weighted by Gasteiger charge is -2.23. The molecule has 1 fully saturated rings. The normalized spacial score (nSPS) is 18.9. The molecule has 0 amide bonds. The van der Waals surface area contributed by atoms with Gasteiger partial charge in [-0.2, -0.15) is 0 Å². The second-order valence-electron chi connectivity index (χ2n) is 6.35. The third-order valence-corrected chi connectivity index (χ3v) is 3.60. The van der Waals surface area contributed by atoms with Crippen molar-refractivity contribution < 1.29 is 4.74 Å². The van der Waals surface area contributed by atoms with Crippen molar-refractivity contribution in [3.05, 3.63) is 29.8 Å². The van der Waals surface area contributed by atoms with E-state index < -0.39 is 0 Å². The molecular formula is C16H25NO. The first-order valence-electron chi connectivity index (χ1n) is 7.00. The minimum absolute atomic E-state index is 0.144. The average molecular weight is 247 g/mol. The van der Waals surface area contributed by atoms with Gasteiger partial charge in [0.05, 0.1) is 0 Å². The van der Waals surface area contributed by atoms with E-state index in [1.54, 1.807) is 0 Å². The Morgan fingerprint density at radius 3 is 2.17 bits per heavy atom. The van der Waals surface area contributed by atoms with Gasteiger partial charge in [0.15, 0.2) is 0 Å². The molecule has 1 saturated carbocycles. The van der Waals surface area contributed by atoms with Gasteiger partial charge in [0.25, 0.3) is 0 Å². The molecule has 2 heteroatoms. The first-order chi connectivity index (χ1) is 8.46. The van der Waals surface area contributed by atoms with Crippen LogP contribution in [-0.2, 0) is 0 Å².